The maximum atomic E-state index is 10.4. The number of rotatable bonds is 1. The summed E-state index contributed by atoms with van der Waals surface area (Å²) in [5.41, 5.74) is 0.852. The Hall–Kier alpha value is -1.30. The van der Waals surface area contributed by atoms with Gasteiger partial charge in [-0.05, 0) is 69.9 Å². The Morgan fingerprint density at radius 3 is 1.73 bits per heavy atom. The maximum absolute atomic E-state index is 10.4. The summed E-state index contributed by atoms with van der Waals surface area (Å²) in [5, 5.41) is 10.4. The molecular formula is C18H13FeNO2+2. The van der Waals surface area contributed by atoms with Crippen LogP contribution in [-0.2, 0) is 17.1 Å². The smallest absolute Gasteiger partial charge is 0.258 e. The number of nitro groups is 1. The molecule has 22 heavy (non-hydrogen) atoms. The fourth-order valence-electron chi connectivity index (χ4n) is 1.59. The molecule has 0 bridgehead atoms. The molecule has 1 aromatic carbocycles. The zero-order chi connectivity index (χ0) is 14.9. The van der Waals surface area contributed by atoms with Gasteiger partial charge in [0.15, 0.2) is 0 Å². The molecule has 0 N–H and O–H groups in total. The van der Waals surface area contributed by atoms with Gasteiger partial charge in [-0.15, -0.1) is 0 Å². The van der Waals surface area contributed by atoms with E-state index in [1.165, 1.54) is 12.1 Å². The monoisotopic (exact) mass is 331 g/mol. The first-order chi connectivity index (χ1) is 10.3. The van der Waals surface area contributed by atoms with E-state index < -0.39 is 4.92 Å². The Balaban J connectivity index is 0.000000344. The van der Waals surface area contributed by atoms with Crippen LogP contribution in [0.25, 0.3) is 0 Å². The quantitative estimate of drug-likeness (QED) is 0.343. The zero-order valence-corrected chi connectivity index (χ0v) is 12.7. The van der Waals surface area contributed by atoms with Gasteiger partial charge >= 0.3 is 17.1 Å². The van der Waals surface area contributed by atoms with E-state index in [0.29, 0.717) is 0 Å². The number of benzene rings is 1. The van der Waals surface area contributed by atoms with Crippen molar-refractivity contribution in [1.82, 2.24) is 0 Å². The minimum absolute atomic E-state index is 0. The van der Waals surface area contributed by atoms with Gasteiger partial charge in [0.25, 0.3) is 5.69 Å². The van der Waals surface area contributed by atoms with Crippen LogP contribution in [0.2, 0.25) is 0 Å². The van der Waals surface area contributed by atoms with Gasteiger partial charge in [-0.1, -0.05) is 11.8 Å². The molecule has 0 heterocycles. The van der Waals surface area contributed by atoms with Crippen molar-refractivity contribution in [3.63, 3.8) is 0 Å². The van der Waals surface area contributed by atoms with E-state index in [-0.39, 0.29) is 22.8 Å². The second kappa shape index (κ2) is 10.4. The van der Waals surface area contributed by atoms with E-state index in [9.17, 15) is 10.1 Å². The first kappa shape index (κ1) is 18.7. The van der Waals surface area contributed by atoms with Crippen LogP contribution in [0.3, 0.4) is 0 Å². The predicted molar refractivity (Wildman–Crippen MR) is 81.9 cm³/mol. The standard InChI is InChI=1S/C13H8NO2.C5H5.Fe/c15-14(16)13-9-7-12(8-10-13)6-5-11-3-1-2-4-11;1-2-4-5-3-1;/h1-4,7-10H;1-5H;/q;;+2. The van der Waals surface area contributed by atoms with E-state index in [1.807, 2.05) is 57.8 Å². The second-order valence-corrected chi connectivity index (χ2v) is 4.19. The molecule has 0 aliphatic heterocycles. The van der Waals surface area contributed by atoms with Crippen LogP contribution in [0.1, 0.15) is 5.56 Å². The number of hydrogen-bond acceptors (Lipinski definition) is 2. The summed E-state index contributed by atoms with van der Waals surface area (Å²) in [6, 6.07) is 6.20. The van der Waals surface area contributed by atoms with E-state index in [4.69, 9.17) is 0 Å². The topological polar surface area (TPSA) is 43.1 Å². The van der Waals surface area contributed by atoms with E-state index in [2.05, 4.69) is 11.8 Å². The van der Waals surface area contributed by atoms with Gasteiger partial charge < -0.3 is 0 Å². The molecule has 0 atom stereocenters. The largest absolute Gasteiger partial charge is 2.00 e. The average Bonchev–Trinajstić information content (AvgIpc) is 3.21. The summed E-state index contributed by atoms with van der Waals surface area (Å²) in [5.74, 6) is 6.85. The van der Waals surface area contributed by atoms with Crippen molar-refractivity contribution in [2.45, 2.75) is 0 Å². The number of nitrogens with zero attached hydrogens (tertiary/aromatic N) is 1. The van der Waals surface area contributed by atoms with E-state index in [0.717, 1.165) is 11.5 Å². The van der Waals surface area contributed by atoms with Gasteiger partial charge in [0.1, 0.15) is 0 Å². The fourth-order valence-corrected chi connectivity index (χ4v) is 1.59. The average molecular weight is 331 g/mol. The molecule has 10 radical (unpaired) electrons. The third-order valence-corrected chi connectivity index (χ3v) is 2.65. The molecule has 108 valence electrons. The molecule has 2 aliphatic rings. The molecule has 2 fully saturated rings. The summed E-state index contributed by atoms with van der Waals surface area (Å²) in [4.78, 5) is 10.0. The van der Waals surface area contributed by atoms with Crippen molar-refractivity contribution in [3.05, 3.63) is 104 Å². The summed E-state index contributed by atoms with van der Waals surface area (Å²) < 4.78 is 0. The third-order valence-electron chi connectivity index (χ3n) is 2.65. The first-order valence-electron chi connectivity index (χ1n) is 6.40. The Labute approximate surface area is 143 Å². The van der Waals surface area contributed by atoms with Crippen LogP contribution < -0.4 is 0 Å². The SMILES string of the molecule is O=[N+]([O-])c1ccc(C#C[C]2[CH][CH][CH][CH]2)cc1.[CH]1[CH][CH][CH][CH]1.[Fe+2]. The van der Waals surface area contributed by atoms with Gasteiger partial charge in [0.2, 0.25) is 0 Å². The summed E-state index contributed by atoms with van der Waals surface area (Å²) in [7, 11) is 0. The summed E-state index contributed by atoms with van der Waals surface area (Å²) >= 11 is 0. The molecule has 0 amide bonds. The maximum Gasteiger partial charge on any atom is 2.00 e. The summed E-state index contributed by atoms with van der Waals surface area (Å²) in [6.45, 7) is 0. The van der Waals surface area contributed by atoms with E-state index in [1.54, 1.807) is 12.1 Å². The minimum atomic E-state index is -0.422. The Bertz CT molecular complexity index is 499. The Morgan fingerprint density at radius 1 is 0.773 bits per heavy atom. The molecule has 3 rings (SSSR count). The van der Waals surface area contributed by atoms with Crippen LogP contribution in [-0.4, -0.2) is 4.92 Å². The molecular weight excluding hydrogens is 318 g/mol. The zero-order valence-electron chi connectivity index (χ0n) is 11.6. The van der Waals surface area contributed by atoms with Gasteiger partial charge in [-0.2, -0.15) is 0 Å². The van der Waals surface area contributed by atoms with Gasteiger partial charge in [-0.25, -0.2) is 0 Å². The molecule has 1 aromatic rings. The molecule has 0 saturated heterocycles. The van der Waals surface area contributed by atoms with Crippen molar-refractivity contribution in [3.8, 4) is 11.8 Å². The molecule has 3 nitrogen and oxygen atoms in total. The van der Waals surface area contributed by atoms with Crippen molar-refractivity contribution in [2.24, 2.45) is 0 Å². The van der Waals surface area contributed by atoms with Crippen molar-refractivity contribution in [1.29, 1.82) is 0 Å². The second-order valence-electron chi connectivity index (χ2n) is 4.19. The molecule has 0 unspecified atom stereocenters. The van der Waals surface area contributed by atoms with Gasteiger partial charge in [0, 0.05) is 17.7 Å². The Kier molecular flexibility index (Phi) is 8.89. The number of nitro benzene ring substituents is 1. The minimum Gasteiger partial charge on any atom is -0.258 e. The van der Waals surface area contributed by atoms with Gasteiger partial charge in [0.05, 0.1) is 10.8 Å². The predicted octanol–water partition coefficient (Wildman–Crippen LogP) is 3.37. The fraction of sp³-hybridized carbons (Fsp3) is 0. The third kappa shape index (κ3) is 6.64. The van der Waals surface area contributed by atoms with Crippen LogP contribution in [0.4, 0.5) is 5.69 Å². The first-order valence-corrected chi connectivity index (χ1v) is 6.40. The Morgan fingerprint density at radius 2 is 1.27 bits per heavy atom. The molecule has 4 heteroatoms. The van der Waals surface area contributed by atoms with Crippen LogP contribution in [0.5, 0.6) is 0 Å². The molecule has 0 aromatic heterocycles. The molecule has 0 spiro atoms. The van der Waals surface area contributed by atoms with Crippen LogP contribution in [0, 0.1) is 85.7 Å². The molecule has 2 aliphatic carbocycles. The number of non-ortho nitro benzene ring substituents is 1. The van der Waals surface area contributed by atoms with Gasteiger partial charge in [-0.3, -0.25) is 10.1 Å². The van der Waals surface area contributed by atoms with Crippen LogP contribution in [0.15, 0.2) is 24.3 Å². The van der Waals surface area contributed by atoms with Crippen molar-refractivity contribution in [2.75, 3.05) is 0 Å². The molecule has 2 saturated carbocycles. The van der Waals surface area contributed by atoms with E-state index >= 15 is 0 Å². The summed E-state index contributed by atoms with van der Waals surface area (Å²) in [6.07, 6.45) is 17.7. The van der Waals surface area contributed by atoms with Crippen molar-refractivity contribution >= 4 is 5.69 Å². The normalized spacial score (nSPS) is 16.7. The van der Waals surface area contributed by atoms with Crippen LogP contribution >= 0.6 is 0 Å². The van der Waals surface area contributed by atoms with Crippen molar-refractivity contribution < 1.29 is 22.0 Å². The number of hydrogen-bond donors (Lipinski definition) is 0.